The van der Waals surface area contributed by atoms with Gasteiger partial charge in [0.15, 0.2) is 0 Å². The van der Waals surface area contributed by atoms with Gasteiger partial charge in [0.2, 0.25) is 5.88 Å². The van der Waals surface area contributed by atoms with Gasteiger partial charge in [-0.15, -0.1) is 0 Å². The number of ether oxygens (including phenoxy) is 4. The van der Waals surface area contributed by atoms with Gasteiger partial charge in [-0.05, 0) is 106 Å². The van der Waals surface area contributed by atoms with Gasteiger partial charge in [-0.25, -0.2) is 14.6 Å². The van der Waals surface area contributed by atoms with Gasteiger partial charge in [0.05, 0.1) is 24.2 Å². The molecule has 1 heterocycles. The van der Waals surface area contributed by atoms with Crippen LogP contribution in [0.2, 0.25) is 0 Å². The molecule has 0 saturated carbocycles. The number of halogens is 1. The van der Waals surface area contributed by atoms with Crippen LogP contribution < -0.4 is 9.47 Å². The molecule has 0 aliphatic carbocycles. The Kier molecular flexibility index (Phi) is 11.4. The largest absolute Gasteiger partial charge is 0.490 e. The fourth-order valence-electron chi connectivity index (χ4n) is 4.32. The summed E-state index contributed by atoms with van der Waals surface area (Å²) in [5, 5.41) is 0. The number of amides is 1. The molecule has 0 bridgehead atoms. The predicted molar refractivity (Wildman–Crippen MR) is 166 cm³/mol. The number of carbonyl (C=O) groups excluding carboxylic acids is 2. The monoisotopic (exact) mass is 640 g/mol. The maximum atomic E-state index is 13.4. The summed E-state index contributed by atoms with van der Waals surface area (Å²) >= 11 is 3.54. The summed E-state index contributed by atoms with van der Waals surface area (Å²) in [5.74, 6) is 0.382. The second-order valence-electron chi connectivity index (χ2n) is 11.1. The number of hydrogen-bond donors (Lipinski definition) is 0. The van der Waals surface area contributed by atoms with Crippen molar-refractivity contribution in [2.24, 2.45) is 0 Å². The molecule has 8 nitrogen and oxygen atoms in total. The maximum Gasteiger partial charge on any atom is 0.410 e. The summed E-state index contributed by atoms with van der Waals surface area (Å²) in [6.45, 7) is 16.0. The molecule has 0 unspecified atom stereocenters. The number of aryl methyl sites for hydroxylation is 3. The molecule has 0 fully saturated rings. The summed E-state index contributed by atoms with van der Waals surface area (Å²) in [6, 6.07) is 13.7. The van der Waals surface area contributed by atoms with Crippen LogP contribution in [0.5, 0.6) is 11.6 Å². The number of aromatic nitrogens is 1. The number of pyridine rings is 1. The molecule has 3 aromatic rings. The molecule has 226 valence electrons. The SMILES string of the molecule is CCOC(=O)c1c(C)c(C)cc(Br)c1OCCN(Cc1c(C)cc(C)nc1OCc1ccccc1)C(=O)OC(C)(C)C. The lowest BCUT2D eigenvalue weighted by Crippen LogP contribution is -2.39. The number of benzene rings is 2. The van der Waals surface area contributed by atoms with Crippen LogP contribution in [0.15, 0.2) is 46.9 Å². The number of rotatable bonds is 11. The molecule has 0 atom stereocenters. The van der Waals surface area contributed by atoms with Crippen LogP contribution in [0.3, 0.4) is 0 Å². The summed E-state index contributed by atoms with van der Waals surface area (Å²) < 4.78 is 24.0. The van der Waals surface area contributed by atoms with E-state index in [1.54, 1.807) is 11.8 Å². The van der Waals surface area contributed by atoms with Crippen LogP contribution in [0.25, 0.3) is 0 Å². The molecular weight excluding hydrogens is 600 g/mol. The van der Waals surface area contributed by atoms with E-state index >= 15 is 0 Å². The highest BCUT2D eigenvalue weighted by molar-refractivity contribution is 9.10. The molecule has 0 spiro atoms. The number of nitrogens with zero attached hydrogens (tertiary/aromatic N) is 2. The molecule has 0 saturated heterocycles. The number of esters is 1. The molecule has 0 aliphatic heterocycles. The molecule has 3 rings (SSSR count). The highest BCUT2D eigenvalue weighted by Gasteiger charge is 2.26. The van der Waals surface area contributed by atoms with Gasteiger partial charge in [0.1, 0.15) is 30.1 Å². The Labute approximate surface area is 257 Å². The Morgan fingerprint density at radius 1 is 0.976 bits per heavy atom. The van der Waals surface area contributed by atoms with Crippen molar-refractivity contribution in [1.82, 2.24) is 9.88 Å². The fourth-order valence-corrected chi connectivity index (χ4v) is 4.97. The Morgan fingerprint density at radius 3 is 2.31 bits per heavy atom. The Bertz CT molecular complexity index is 1400. The standard InChI is InChI=1S/C33H41BrN2O6/c1-9-39-31(37)28-24(5)21(2)18-27(34)29(28)40-16-15-36(32(38)42-33(6,7)8)19-26-22(3)17-23(4)35-30(26)41-20-25-13-11-10-12-14-25/h10-14,17-18H,9,15-16,19-20H2,1-8H3. The number of carbonyl (C=O) groups is 2. The first-order valence-electron chi connectivity index (χ1n) is 14.0. The number of hydrogen-bond acceptors (Lipinski definition) is 7. The van der Waals surface area contributed by atoms with Gasteiger partial charge in [0, 0.05) is 11.3 Å². The maximum absolute atomic E-state index is 13.4. The first kappa shape index (κ1) is 32.9. The quantitative estimate of drug-likeness (QED) is 0.199. The molecule has 2 aromatic carbocycles. The molecule has 0 N–H and O–H groups in total. The van der Waals surface area contributed by atoms with E-state index in [0.717, 1.165) is 33.5 Å². The van der Waals surface area contributed by atoms with E-state index in [9.17, 15) is 9.59 Å². The first-order valence-corrected chi connectivity index (χ1v) is 14.8. The molecule has 1 amide bonds. The van der Waals surface area contributed by atoms with Crippen LogP contribution in [0, 0.1) is 27.7 Å². The minimum atomic E-state index is -0.697. The van der Waals surface area contributed by atoms with E-state index in [4.69, 9.17) is 18.9 Å². The lowest BCUT2D eigenvalue weighted by Gasteiger charge is -2.28. The first-order chi connectivity index (χ1) is 19.8. The zero-order valence-corrected chi connectivity index (χ0v) is 27.4. The van der Waals surface area contributed by atoms with E-state index in [1.807, 2.05) is 90.9 Å². The normalized spacial score (nSPS) is 11.2. The highest BCUT2D eigenvalue weighted by atomic mass is 79.9. The third-order valence-corrected chi connectivity index (χ3v) is 7.09. The van der Waals surface area contributed by atoms with Crippen LogP contribution in [0.1, 0.15) is 71.6 Å². The van der Waals surface area contributed by atoms with Crippen molar-refractivity contribution in [3.8, 4) is 11.6 Å². The van der Waals surface area contributed by atoms with E-state index < -0.39 is 17.7 Å². The van der Waals surface area contributed by atoms with Gasteiger partial charge in [-0.3, -0.25) is 0 Å². The van der Waals surface area contributed by atoms with Crippen LogP contribution in [0.4, 0.5) is 4.79 Å². The molecular formula is C33H41BrN2O6. The van der Waals surface area contributed by atoms with Crippen molar-refractivity contribution in [2.75, 3.05) is 19.8 Å². The second kappa shape index (κ2) is 14.5. The summed E-state index contributed by atoms with van der Waals surface area (Å²) in [5.41, 5.74) is 4.93. The Balaban J connectivity index is 1.89. The van der Waals surface area contributed by atoms with Crippen molar-refractivity contribution in [2.45, 2.75) is 74.1 Å². The minimum Gasteiger partial charge on any atom is -0.490 e. The zero-order valence-electron chi connectivity index (χ0n) is 25.8. The van der Waals surface area contributed by atoms with Crippen LogP contribution >= 0.6 is 15.9 Å². The summed E-state index contributed by atoms with van der Waals surface area (Å²) in [7, 11) is 0. The van der Waals surface area contributed by atoms with E-state index in [1.165, 1.54) is 0 Å². The van der Waals surface area contributed by atoms with Gasteiger partial charge in [-0.2, -0.15) is 0 Å². The molecule has 1 aromatic heterocycles. The summed E-state index contributed by atoms with van der Waals surface area (Å²) in [6.07, 6.45) is -0.496. The third kappa shape index (κ3) is 8.95. The highest BCUT2D eigenvalue weighted by Crippen LogP contribution is 2.35. The van der Waals surface area contributed by atoms with Crippen LogP contribution in [-0.4, -0.2) is 47.3 Å². The van der Waals surface area contributed by atoms with E-state index in [2.05, 4.69) is 20.9 Å². The average Bonchev–Trinajstić information content (AvgIpc) is 2.90. The van der Waals surface area contributed by atoms with Crippen molar-refractivity contribution in [3.63, 3.8) is 0 Å². The van der Waals surface area contributed by atoms with Gasteiger partial charge in [0.25, 0.3) is 0 Å². The van der Waals surface area contributed by atoms with Crippen LogP contribution in [-0.2, 0) is 22.6 Å². The Morgan fingerprint density at radius 2 is 1.67 bits per heavy atom. The lowest BCUT2D eigenvalue weighted by molar-refractivity contribution is 0.0205. The topological polar surface area (TPSA) is 87.2 Å². The van der Waals surface area contributed by atoms with Gasteiger partial charge in [-0.1, -0.05) is 30.3 Å². The molecule has 0 radical (unpaired) electrons. The molecule has 9 heteroatoms. The van der Waals surface area contributed by atoms with Crippen molar-refractivity contribution < 1.29 is 28.5 Å². The Hall–Kier alpha value is -3.59. The zero-order chi connectivity index (χ0) is 31.0. The minimum absolute atomic E-state index is 0.102. The summed E-state index contributed by atoms with van der Waals surface area (Å²) in [4.78, 5) is 32.5. The predicted octanol–water partition coefficient (Wildman–Crippen LogP) is 7.65. The van der Waals surface area contributed by atoms with E-state index in [0.29, 0.717) is 28.3 Å². The van der Waals surface area contributed by atoms with E-state index in [-0.39, 0.29) is 26.3 Å². The molecule has 42 heavy (non-hydrogen) atoms. The smallest absolute Gasteiger partial charge is 0.410 e. The molecule has 0 aliphatic rings. The fraction of sp³-hybridized carbons (Fsp3) is 0.424. The van der Waals surface area contributed by atoms with Crippen molar-refractivity contribution in [3.05, 3.63) is 86.0 Å². The average molecular weight is 642 g/mol. The van der Waals surface area contributed by atoms with Crippen molar-refractivity contribution >= 4 is 28.0 Å². The third-order valence-electron chi connectivity index (χ3n) is 6.50. The van der Waals surface area contributed by atoms with Gasteiger partial charge < -0.3 is 23.8 Å². The van der Waals surface area contributed by atoms with Crippen molar-refractivity contribution in [1.29, 1.82) is 0 Å². The second-order valence-corrected chi connectivity index (χ2v) is 12.0. The lowest BCUT2D eigenvalue weighted by atomic mass is 10.0. The van der Waals surface area contributed by atoms with Gasteiger partial charge >= 0.3 is 12.1 Å².